The number of nitro groups is 1. The Balaban J connectivity index is 1.96. The smallest absolute Gasteiger partial charge is 0.321 e. The molecule has 4 rings (SSSR count). The zero-order valence-corrected chi connectivity index (χ0v) is 18.3. The molecule has 3 aromatic rings. The number of ether oxygens (including phenoxy) is 2. The Hall–Kier alpha value is -3.79. The minimum absolute atomic E-state index is 0.103. The molecule has 10 nitrogen and oxygen atoms in total. The molecule has 2 aromatic carbocycles. The van der Waals surface area contributed by atoms with Crippen molar-refractivity contribution in [3.05, 3.63) is 64.2 Å². The first-order valence-corrected chi connectivity index (χ1v) is 10.7. The van der Waals surface area contributed by atoms with Crippen LogP contribution in [0.2, 0.25) is 0 Å². The van der Waals surface area contributed by atoms with Gasteiger partial charge in [-0.25, -0.2) is 4.98 Å². The number of amides is 1. The topological polar surface area (TPSA) is 117 Å². The molecule has 10 heteroatoms. The number of anilines is 1. The highest BCUT2D eigenvalue weighted by Gasteiger charge is 2.47. The molecule has 0 N–H and O–H groups in total. The van der Waals surface area contributed by atoms with E-state index in [1.54, 1.807) is 26.2 Å². The van der Waals surface area contributed by atoms with Crippen molar-refractivity contribution in [3.8, 4) is 0 Å². The highest BCUT2D eigenvalue weighted by atomic mass is 16.6. The van der Waals surface area contributed by atoms with E-state index < -0.39 is 28.8 Å². The summed E-state index contributed by atoms with van der Waals surface area (Å²) in [5, 5.41) is 11.4. The molecule has 1 aromatic heterocycles. The van der Waals surface area contributed by atoms with Gasteiger partial charge >= 0.3 is 5.97 Å². The van der Waals surface area contributed by atoms with Crippen molar-refractivity contribution in [2.45, 2.75) is 19.4 Å². The molecule has 2 heterocycles. The number of non-ortho nitro benzene ring substituents is 1. The van der Waals surface area contributed by atoms with Crippen molar-refractivity contribution in [2.75, 3.05) is 31.8 Å². The maximum Gasteiger partial charge on any atom is 0.321 e. The van der Waals surface area contributed by atoms with Gasteiger partial charge in [-0.1, -0.05) is 24.3 Å². The number of hydrogen-bond acceptors (Lipinski definition) is 7. The number of nitro benzene ring substituents is 1. The van der Waals surface area contributed by atoms with Crippen LogP contribution in [0.1, 0.15) is 24.9 Å². The Kier molecular flexibility index (Phi) is 6.36. The third-order valence-electron chi connectivity index (χ3n) is 5.64. The largest absolute Gasteiger partial charge is 0.465 e. The first-order chi connectivity index (χ1) is 16.0. The number of esters is 1. The standard InChI is InChI=1S/C23H24N4O6/c1-3-33-22(29)19-20(15-8-6-9-16(14-15)27(30)31)26-18-11-5-4-10-17(18)24-23(26)25(21(19)28)12-7-13-32-2/h4-6,8-11,14,19-20H,3,7,12-13H2,1-2H3/t19-,20-/m0/s1. The molecule has 0 spiro atoms. The number of fused-ring (bicyclic) bond motifs is 3. The molecule has 0 fully saturated rings. The van der Waals surface area contributed by atoms with Gasteiger partial charge in [0.2, 0.25) is 11.9 Å². The fourth-order valence-electron chi connectivity index (χ4n) is 4.25. The second-order valence-electron chi connectivity index (χ2n) is 7.63. The zero-order valence-electron chi connectivity index (χ0n) is 18.3. The van der Waals surface area contributed by atoms with E-state index >= 15 is 0 Å². The monoisotopic (exact) mass is 452 g/mol. The molecular weight excluding hydrogens is 428 g/mol. The molecule has 0 radical (unpaired) electrons. The number of carbonyl (C=O) groups is 2. The molecule has 172 valence electrons. The van der Waals surface area contributed by atoms with Gasteiger partial charge in [0, 0.05) is 32.4 Å². The van der Waals surface area contributed by atoms with Crippen LogP contribution in [0.15, 0.2) is 48.5 Å². The summed E-state index contributed by atoms with van der Waals surface area (Å²) < 4.78 is 12.2. The van der Waals surface area contributed by atoms with E-state index in [1.165, 1.54) is 17.0 Å². The average molecular weight is 452 g/mol. The van der Waals surface area contributed by atoms with Gasteiger partial charge in [0.05, 0.1) is 28.6 Å². The van der Waals surface area contributed by atoms with Crippen molar-refractivity contribution in [1.82, 2.24) is 9.55 Å². The number of para-hydroxylation sites is 2. The van der Waals surface area contributed by atoms with Crippen molar-refractivity contribution in [3.63, 3.8) is 0 Å². The second-order valence-corrected chi connectivity index (χ2v) is 7.63. The minimum atomic E-state index is -1.22. The predicted octanol–water partition coefficient (Wildman–Crippen LogP) is 3.10. The quantitative estimate of drug-likeness (QED) is 0.169. The Morgan fingerprint density at radius 3 is 2.73 bits per heavy atom. The van der Waals surface area contributed by atoms with Gasteiger partial charge in [0.25, 0.3) is 5.69 Å². The second kappa shape index (κ2) is 9.37. The fourth-order valence-corrected chi connectivity index (χ4v) is 4.25. The number of benzene rings is 2. The Morgan fingerprint density at radius 2 is 2.00 bits per heavy atom. The SMILES string of the molecule is CCOC(=O)[C@@H]1C(=O)N(CCCOC)c2nc3ccccc3n2[C@H]1c1cccc([N+](=O)[O-])c1. The van der Waals surface area contributed by atoms with Gasteiger partial charge in [-0.15, -0.1) is 0 Å². The van der Waals surface area contributed by atoms with Crippen LogP contribution < -0.4 is 4.90 Å². The molecule has 1 aliphatic heterocycles. The number of nitrogens with zero attached hydrogens (tertiary/aromatic N) is 4. The molecule has 1 amide bonds. The maximum absolute atomic E-state index is 13.7. The lowest BCUT2D eigenvalue weighted by atomic mass is 9.89. The van der Waals surface area contributed by atoms with Crippen LogP contribution in [-0.2, 0) is 19.1 Å². The lowest BCUT2D eigenvalue weighted by Gasteiger charge is -2.37. The molecule has 2 atom stereocenters. The van der Waals surface area contributed by atoms with E-state index in [1.807, 2.05) is 28.8 Å². The third-order valence-corrected chi connectivity index (χ3v) is 5.64. The van der Waals surface area contributed by atoms with E-state index in [9.17, 15) is 19.7 Å². The predicted molar refractivity (Wildman–Crippen MR) is 120 cm³/mol. The summed E-state index contributed by atoms with van der Waals surface area (Å²) in [4.78, 5) is 43.9. The summed E-state index contributed by atoms with van der Waals surface area (Å²) in [5.74, 6) is -1.97. The summed E-state index contributed by atoms with van der Waals surface area (Å²) in [7, 11) is 1.58. The van der Waals surface area contributed by atoms with Crippen molar-refractivity contribution in [2.24, 2.45) is 5.92 Å². The van der Waals surface area contributed by atoms with Crippen LogP contribution in [0.3, 0.4) is 0 Å². The molecule has 0 aliphatic carbocycles. The van der Waals surface area contributed by atoms with Gasteiger partial charge in [0.15, 0.2) is 5.92 Å². The van der Waals surface area contributed by atoms with E-state index in [4.69, 9.17) is 9.47 Å². The third kappa shape index (κ3) is 4.05. The molecule has 0 unspecified atom stereocenters. The van der Waals surface area contributed by atoms with Crippen LogP contribution in [0.25, 0.3) is 11.0 Å². The maximum atomic E-state index is 13.7. The minimum Gasteiger partial charge on any atom is -0.465 e. The number of aromatic nitrogens is 2. The summed E-state index contributed by atoms with van der Waals surface area (Å²) in [6.07, 6.45) is 0.544. The van der Waals surface area contributed by atoms with Gasteiger partial charge < -0.3 is 14.0 Å². The zero-order chi connectivity index (χ0) is 23.5. The van der Waals surface area contributed by atoms with Crippen LogP contribution in [0.4, 0.5) is 11.6 Å². The lowest BCUT2D eigenvalue weighted by molar-refractivity contribution is -0.384. The van der Waals surface area contributed by atoms with E-state index in [0.29, 0.717) is 42.1 Å². The molecule has 33 heavy (non-hydrogen) atoms. The number of methoxy groups -OCH3 is 1. The lowest BCUT2D eigenvalue weighted by Crippen LogP contribution is -2.50. The van der Waals surface area contributed by atoms with Crippen molar-refractivity contribution in [1.29, 1.82) is 0 Å². The van der Waals surface area contributed by atoms with Crippen molar-refractivity contribution >= 4 is 34.5 Å². The van der Waals surface area contributed by atoms with Gasteiger partial charge in [-0.05, 0) is 31.0 Å². The van der Waals surface area contributed by atoms with Gasteiger partial charge in [-0.2, -0.15) is 0 Å². The Morgan fingerprint density at radius 1 is 1.21 bits per heavy atom. The first kappa shape index (κ1) is 22.4. The molecular formula is C23H24N4O6. The summed E-state index contributed by atoms with van der Waals surface area (Å²) >= 11 is 0. The molecule has 0 saturated heterocycles. The van der Waals surface area contributed by atoms with E-state index in [-0.39, 0.29) is 12.3 Å². The normalized spacial score (nSPS) is 17.8. The Bertz CT molecular complexity index is 1210. The molecule has 0 saturated carbocycles. The van der Waals surface area contributed by atoms with Gasteiger partial charge in [-0.3, -0.25) is 24.6 Å². The fraction of sp³-hybridized carbons (Fsp3) is 0.348. The van der Waals surface area contributed by atoms with Crippen LogP contribution in [0.5, 0.6) is 0 Å². The number of hydrogen-bond donors (Lipinski definition) is 0. The Labute approximate surface area is 189 Å². The number of imidazole rings is 1. The van der Waals surface area contributed by atoms with E-state index in [2.05, 4.69) is 4.98 Å². The van der Waals surface area contributed by atoms with Crippen molar-refractivity contribution < 1.29 is 24.0 Å². The average Bonchev–Trinajstić information content (AvgIpc) is 3.19. The molecule has 1 aliphatic rings. The first-order valence-electron chi connectivity index (χ1n) is 10.7. The number of rotatable bonds is 8. The van der Waals surface area contributed by atoms with E-state index in [0.717, 1.165) is 0 Å². The summed E-state index contributed by atoms with van der Waals surface area (Å²) in [6, 6.07) is 12.5. The van der Waals surface area contributed by atoms with Crippen LogP contribution >= 0.6 is 0 Å². The number of carbonyl (C=O) groups excluding carboxylic acids is 2. The highest BCUT2D eigenvalue weighted by Crippen LogP contribution is 2.41. The van der Waals surface area contributed by atoms with Crippen LogP contribution in [-0.4, -0.2) is 53.2 Å². The van der Waals surface area contributed by atoms with Gasteiger partial charge in [0.1, 0.15) is 0 Å². The summed E-state index contributed by atoms with van der Waals surface area (Å²) in [5.41, 5.74) is 1.69. The van der Waals surface area contributed by atoms with Crippen LogP contribution in [0, 0.1) is 16.0 Å². The summed E-state index contributed by atoms with van der Waals surface area (Å²) in [6.45, 7) is 2.50. The molecule has 0 bridgehead atoms. The highest BCUT2D eigenvalue weighted by molar-refractivity contribution is 6.08.